The third kappa shape index (κ3) is 3.10. The third-order valence-electron chi connectivity index (χ3n) is 4.25. The van der Waals surface area contributed by atoms with Gasteiger partial charge in [0, 0.05) is 25.2 Å². The van der Waals surface area contributed by atoms with Gasteiger partial charge in [0.1, 0.15) is 5.75 Å². The van der Waals surface area contributed by atoms with Gasteiger partial charge in [0.05, 0.1) is 18.8 Å². The lowest BCUT2D eigenvalue weighted by Gasteiger charge is -2.22. The van der Waals surface area contributed by atoms with Crippen molar-refractivity contribution < 1.29 is 4.74 Å². The summed E-state index contributed by atoms with van der Waals surface area (Å²) in [5.74, 6) is 1.05. The Hall–Kier alpha value is -1.81. The van der Waals surface area contributed by atoms with Crippen molar-refractivity contribution in [1.29, 1.82) is 0 Å². The zero-order chi connectivity index (χ0) is 14.8. The van der Waals surface area contributed by atoms with Gasteiger partial charge in [-0.2, -0.15) is 5.10 Å². The summed E-state index contributed by atoms with van der Waals surface area (Å²) in [7, 11) is 0. The second-order valence-electron chi connectivity index (χ2n) is 5.95. The smallest absolute Gasteiger partial charge is 0.122 e. The van der Waals surface area contributed by atoms with Gasteiger partial charge in [0.25, 0.3) is 0 Å². The van der Waals surface area contributed by atoms with Gasteiger partial charge in [-0.15, -0.1) is 0 Å². The highest BCUT2D eigenvalue weighted by atomic mass is 16.5. The van der Waals surface area contributed by atoms with Crippen molar-refractivity contribution in [2.75, 3.05) is 6.61 Å². The number of aromatic nitrogens is 2. The highest BCUT2D eigenvalue weighted by Gasteiger charge is 2.15. The number of nitrogens with one attached hydrogen (secondary N) is 1. The monoisotopic (exact) mass is 285 g/mol. The lowest BCUT2D eigenvalue weighted by molar-refractivity contribution is 0.356. The SMILES string of the molecule is Cc1cnn([C@@H](C)[C@@H](C)NCc2ccc3c(c2)CCO3)c1. The van der Waals surface area contributed by atoms with Gasteiger partial charge in [0.2, 0.25) is 0 Å². The first-order valence-corrected chi connectivity index (χ1v) is 7.62. The number of ether oxygens (including phenoxy) is 1. The summed E-state index contributed by atoms with van der Waals surface area (Å²) in [4.78, 5) is 0. The average molecular weight is 285 g/mol. The Morgan fingerprint density at radius 3 is 3.00 bits per heavy atom. The Bertz CT molecular complexity index is 620. The second kappa shape index (κ2) is 5.90. The molecule has 1 aromatic heterocycles. The number of fused-ring (bicyclic) bond motifs is 1. The molecule has 0 saturated heterocycles. The normalized spacial score (nSPS) is 16.3. The molecule has 4 nitrogen and oxygen atoms in total. The molecule has 4 heteroatoms. The summed E-state index contributed by atoms with van der Waals surface area (Å²) in [6, 6.07) is 7.17. The van der Waals surface area contributed by atoms with Crippen molar-refractivity contribution in [2.45, 2.75) is 45.8 Å². The van der Waals surface area contributed by atoms with E-state index in [0.29, 0.717) is 12.1 Å². The van der Waals surface area contributed by atoms with E-state index in [1.165, 1.54) is 16.7 Å². The molecular formula is C17H23N3O. The lowest BCUT2D eigenvalue weighted by atomic mass is 10.1. The van der Waals surface area contributed by atoms with Crippen molar-refractivity contribution in [3.63, 3.8) is 0 Å². The highest BCUT2D eigenvalue weighted by molar-refractivity contribution is 5.39. The average Bonchev–Trinajstić information content (AvgIpc) is 3.11. The topological polar surface area (TPSA) is 39.1 Å². The molecule has 0 radical (unpaired) electrons. The number of hydrogen-bond donors (Lipinski definition) is 1. The van der Waals surface area contributed by atoms with Gasteiger partial charge in [-0.05, 0) is 43.5 Å². The van der Waals surface area contributed by atoms with E-state index in [2.05, 4.69) is 55.6 Å². The largest absolute Gasteiger partial charge is 0.493 e. The molecule has 3 rings (SSSR count). The van der Waals surface area contributed by atoms with Gasteiger partial charge < -0.3 is 10.1 Å². The van der Waals surface area contributed by atoms with Crippen molar-refractivity contribution in [3.8, 4) is 5.75 Å². The number of aryl methyl sites for hydroxylation is 1. The Kier molecular flexibility index (Phi) is 3.97. The van der Waals surface area contributed by atoms with Crippen LogP contribution in [-0.2, 0) is 13.0 Å². The minimum absolute atomic E-state index is 0.330. The predicted molar refractivity (Wildman–Crippen MR) is 83.6 cm³/mol. The molecule has 2 heterocycles. The fourth-order valence-corrected chi connectivity index (χ4v) is 2.68. The minimum atomic E-state index is 0.330. The van der Waals surface area contributed by atoms with Crippen LogP contribution in [0, 0.1) is 6.92 Å². The van der Waals surface area contributed by atoms with Crippen LogP contribution in [0.2, 0.25) is 0 Å². The number of hydrogen-bond acceptors (Lipinski definition) is 3. The van der Waals surface area contributed by atoms with Crippen molar-refractivity contribution >= 4 is 0 Å². The van der Waals surface area contributed by atoms with Crippen LogP contribution in [0.1, 0.15) is 36.6 Å². The summed E-state index contributed by atoms with van der Waals surface area (Å²) in [5.41, 5.74) is 3.85. The van der Waals surface area contributed by atoms with E-state index in [4.69, 9.17) is 4.74 Å². The summed E-state index contributed by atoms with van der Waals surface area (Å²) in [6.07, 6.45) is 5.03. The van der Waals surface area contributed by atoms with Gasteiger partial charge in [-0.25, -0.2) is 0 Å². The summed E-state index contributed by atoms with van der Waals surface area (Å²) < 4.78 is 7.58. The van der Waals surface area contributed by atoms with Crippen LogP contribution in [0.5, 0.6) is 5.75 Å². The molecule has 112 valence electrons. The molecule has 1 N–H and O–H groups in total. The van der Waals surface area contributed by atoms with Crippen LogP contribution >= 0.6 is 0 Å². The molecule has 2 atom stereocenters. The highest BCUT2D eigenvalue weighted by Crippen LogP contribution is 2.25. The van der Waals surface area contributed by atoms with Crippen molar-refractivity contribution in [3.05, 3.63) is 47.3 Å². The molecule has 0 spiro atoms. The number of nitrogens with zero attached hydrogens (tertiary/aromatic N) is 2. The fourth-order valence-electron chi connectivity index (χ4n) is 2.68. The Morgan fingerprint density at radius 2 is 2.24 bits per heavy atom. The van der Waals surface area contributed by atoms with Gasteiger partial charge in [-0.3, -0.25) is 4.68 Å². The molecule has 0 fully saturated rings. The second-order valence-corrected chi connectivity index (χ2v) is 5.95. The summed E-state index contributed by atoms with van der Waals surface area (Å²) in [6.45, 7) is 8.16. The maximum Gasteiger partial charge on any atom is 0.122 e. The van der Waals surface area contributed by atoms with Crippen LogP contribution in [0.25, 0.3) is 0 Å². The molecule has 1 aliphatic heterocycles. The summed E-state index contributed by atoms with van der Waals surface area (Å²) >= 11 is 0. The van der Waals surface area contributed by atoms with Crippen LogP contribution in [0.3, 0.4) is 0 Å². The first-order valence-electron chi connectivity index (χ1n) is 7.62. The molecule has 21 heavy (non-hydrogen) atoms. The van der Waals surface area contributed by atoms with E-state index in [0.717, 1.165) is 25.3 Å². The standard InChI is InChI=1S/C17H23N3O/c1-12-9-19-20(11-12)14(3)13(2)18-10-15-4-5-17-16(8-15)6-7-21-17/h4-5,8-9,11,13-14,18H,6-7,10H2,1-3H3/t13-,14+/m1/s1. The first kappa shape index (κ1) is 14.1. The van der Waals surface area contributed by atoms with Crippen molar-refractivity contribution in [1.82, 2.24) is 15.1 Å². The molecular weight excluding hydrogens is 262 g/mol. The first-order chi connectivity index (χ1) is 10.1. The Morgan fingerprint density at radius 1 is 1.38 bits per heavy atom. The van der Waals surface area contributed by atoms with Gasteiger partial charge in [-0.1, -0.05) is 12.1 Å². The predicted octanol–water partition coefficient (Wildman–Crippen LogP) is 2.87. The zero-order valence-electron chi connectivity index (χ0n) is 13.0. The molecule has 1 aliphatic rings. The van der Waals surface area contributed by atoms with Crippen LogP contribution in [0.15, 0.2) is 30.6 Å². The van der Waals surface area contributed by atoms with E-state index in [1.54, 1.807) is 0 Å². The molecule has 2 aromatic rings. The molecule has 0 amide bonds. The van der Waals surface area contributed by atoms with Gasteiger partial charge in [0.15, 0.2) is 0 Å². The minimum Gasteiger partial charge on any atom is -0.493 e. The molecule has 1 aromatic carbocycles. The van der Waals surface area contributed by atoms with E-state index in [9.17, 15) is 0 Å². The maximum atomic E-state index is 5.55. The summed E-state index contributed by atoms with van der Waals surface area (Å²) in [5, 5.41) is 8.00. The quantitative estimate of drug-likeness (QED) is 0.918. The lowest BCUT2D eigenvalue weighted by Crippen LogP contribution is -2.33. The number of rotatable bonds is 5. The number of benzene rings is 1. The molecule has 0 unspecified atom stereocenters. The molecule has 0 aliphatic carbocycles. The van der Waals surface area contributed by atoms with Crippen LogP contribution in [-0.4, -0.2) is 22.4 Å². The van der Waals surface area contributed by atoms with Crippen LogP contribution in [0.4, 0.5) is 0 Å². The van der Waals surface area contributed by atoms with Crippen LogP contribution < -0.4 is 10.1 Å². The van der Waals surface area contributed by atoms with Gasteiger partial charge >= 0.3 is 0 Å². The third-order valence-corrected chi connectivity index (χ3v) is 4.25. The Balaban J connectivity index is 1.59. The zero-order valence-corrected chi connectivity index (χ0v) is 13.0. The van der Waals surface area contributed by atoms with E-state index in [-0.39, 0.29) is 0 Å². The van der Waals surface area contributed by atoms with E-state index < -0.39 is 0 Å². The maximum absolute atomic E-state index is 5.55. The fraction of sp³-hybridized carbons (Fsp3) is 0.471. The molecule has 0 bridgehead atoms. The molecule has 0 saturated carbocycles. The van der Waals surface area contributed by atoms with E-state index in [1.807, 2.05) is 10.9 Å². The van der Waals surface area contributed by atoms with E-state index >= 15 is 0 Å². The van der Waals surface area contributed by atoms with Crippen molar-refractivity contribution in [2.24, 2.45) is 0 Å². The Labute approximate surface area is 126 Å².